The summed E-state index contributed by atoms with van der Waals surface area (Å²) < 4.78 is 119. The predicted molar refractivity (Wildman–Crippen MR) is 114 cm³/mol. The largest absolute Gasteiger partial charge is 0.491 e. The molecule has 0 saturated heterocycles. The van der Waals surface area contributed by atoms with Crippen LogP contribution in [0.1, 0.15) is 25.0 Å². The summed E-state index contributed by atoms with van der Waals surface area (Å²) in [5.41, 5.74) is -4.63. The fraction of sp³-hybridized carbons (Fsp3) is 0.320. The van der Waals surface area contributed by atoms with Crippen LogP contribution in [0.15, 0.2) is 48.1 Å². The number of benzene rings is 2. The topological polar surface area (TPSA) is 44.8 Å². The molecule has 0 spiro atoms. The van der Waals surface area contributed by atoms with Crippen LogP contribution in [0.4, 0.5) is 30.7 Å². The molecule has 0 aliphatic heterocycles. The minimum absolute atomic E-state index is 0.111. The molecule has 0 amide bonds. The Morgan fingerprint density at radius 1 is 0.944 bits per heavy atom. The zero-order chi connectivity index (χ0) is 26.4. The normalized spacial score (nSPS) is 21.5. The summed E-state index contributed by atoms with van der Waals surface area (Å²) in [6.07, 6.45) is -1.24. The van der Waals surface area contributed by atoms with E-state index >= 15 is 13.2 Å². The summed E-state index contributed by atoms with van der Waals surface area (Å²) in [6, 6.07) is 4.95. The third-order valence-electron chi connectivity index (χ3n) is 5.79. The monoisotopic (exact) mass is 516 g/mol. The highest BCUT2D eigenvalue weighted by Crippen LogP contribution is 2.59. The van der Waals surface area contributed by atoms with Crippen LogP contribution in [-0.2, 0) is 10.7 Å². The molecule has 4 nitrogen and oxygen atoms in total. The molecule has 4 rings (SSSR count). The lowest BCUT2D eigenvalue weighted by Crippen LogP contribution is -2.49. The van der Waals surface area contributed by atoms with Gasteiger partial charge in [-0.25, -0.2) is 13.2 Å². The lowest BCUT2D eigenvalue weighted by atomic mass is 9.73. The van der Waals surface area contributed by atoms with E-state index in [2.05, 4.69) is 0 Å². The molecule has 0 bridgehead atoms. The van der Waals surface area contributed by atoms with E-state index in [9.17, 15) is 22.4 Å². The number of halogens is 7. The fourth-order valence-electron chi connectivity index (χ4n) is 4.17. The van der Waals surface area contributed by atoms with Gasteiger partial charge in [-0.3, -0.25) is 4.79 Å². The van der Waals surface area contributed by atoms with Crippen molar-refractivity contribution in [2.45, 2.75) is 31.9 Å². The van der Waals surface area contributed by atoms with E-state index in [1.807, 2.05) is 0 Å². The van der Waals surface area contributed by atoms with Crippen LogP contribution >= 0.6 is 0 Å². The molecule has 0 saturated carbocycles. The molecule has 0 heterocycles. The number of ether oxygens (including phenoxy) is 3. The van der Waals surface area contributed by atoms with Crippen LogP contribution < -0.4 is 14.2 Å². The van der Waals surface area contributed by atoms with Crippen molar-refractivity contribution in [3.8, 4) is 17.2 Å². The van der Waals surface area contributed by atoms with Crippen LogP contribution in [0.2, 0.25) is 0 Å². The van der Waals surface area contributed by atoms with Crippen LogP contribution in [0.3, 0.4) is 0 Å². The molecule has 0 radical (unpaired) electrons. The number of alkyl halides is 5. The fourth-order valence-corrected chi connectivity index (χ4v) is 4.17. The van der Waals surface area contributed by atoms with Gasteiger partial charge >= 0.3 is 17.8 Å². The Kier molecular flexibility index (Phi) is 6.52. The number of hydrogen-bond donors (Lipinski definition) is 0. The number of hydrogen-bond acceptors (Lipinski definition) is 4. The van der Waals surface area contributed by atoms with Gasteiger partial charge in [-0.2, -0.15) is 17.6 Å². The van der Waals surface area contributed by atoms with Crippen molar-refractivity contribution in [3.63, 3.8) is 0 Å². The van der Waals surface area contributed by atoms with Crippen molar-refractivity contribution in [1.29, 1.82) is 0 Å². The number of rotatable bonds is 6. The van der Waals surface area contributed by atoms with Crippen molar-refractivity contribution in [1.82, 2.24) is 0 Å². The molecule has 2 aromatic carbocycles. The second kappa shape index (κ2) is 9.18. The van der Waals surface area contributed by atoms with Gasteiger partial charge in [0, 0.05) is 11.6 Å². The van der Waals surface area contributed by atoms with Crippen LogP contribution in [0.5, 0.6) is 17.2 Å². The third-order valence-corrected chi connectivity index (χ3v) is 5.79. The number of carbonyl (C=O) groups excluding carboxylic acids is 1. The summed E-state index contributed by atoms with van der Waals surface area (Å²) in [5.74, 6) is -17.6. The zero-order valence-electron chi connectivity index (χ0n) is 18.9. The lowest BCUT2D eigenvalue weighted by molar-refractivity contribution is -0.201. The number of fused-ring (bicyclic) bond motifs is 2. The Balaban J connectivity index is 1.71. The van der Waals surface area contributed by atoms with Crippen molar-refractivity contribution in [2.75, 3.05) is 13.2 Å². The second-order valence-corrected chi connectivity index (χ2v) is 7.94. The quantitative estimate of drug-likeness (QED) is 0.254. The first kappa shape index (κ1) is 25.6. The summed E-state index contributed by atoms with van der Waals surface area (Å²) in [4.78, 5) is 12.6. The molecule has 192 valence electrons. The van der Waals surface area contributed by atoms with Gasteiger partial charge in [0.1, 0.15) is 17.8 Å². The van der Waals surface area contributed by atoms with Crippen LogP contribution in [0, 0.1) is 17.6 Å². The zero-order valence-corrected chi connectivity index (χ0v) is 18.9. The molecular formula is C25H19F7O4. The molecule has 0 fully saturated rings. The van der Waals surface area contributed by atoms with Gasteiger partial charge in [0.2, 0.25) is 0 Å². The number of allylic oxidation sites excluding steroid dienone is 3. The first-order valence-electron chi connectivity index (χ1n) is 10.9. The summed E-state index contributed by atoms with van der Waals surface area (Å²) >= 11 is 0. The van der Waals surface area contributed by atoms with Crippen molar-refractivity contribution < 1.29 is 49.7 Å². The van der Waals surface area contributed by atoms with Gasteiger partial charge in [0.05, 0.1) is 18.8 Å². The third kappa shape index (κ3) is 3.90. The molecule has 2 unspecified atom stereocenters. The Morgan fingerprint density at radius 3 is 2.22 bits per heavy atom. The van der Waals surface area contributed by atoms with Crippen LogP contribution in [-0.4, -0.2) is 31.3 Å². The highest BCUT2D eigenvalue weighted by molar-refractivity contribution is 5.89. The molecule has 2 aromatic rings. The maximum Gasteiger partial charge on any atom is 0.343 e. The summed E-state index contributed by atoms with van der Waals surface area (Å²) in [7, 11) is 0. The minimum Gasteiger partial charge on any atom is -0.491 e. The lowest BCUT2D eigenvalue weighted by Gasteiger charge is -2.39. The van der Waals surface area contributed by atoms with Gasteiger partial charge < -0.3 is 14.2 Å². The first-order valence-corrected chi connectivity index (χ1v) is 10.9. The Morgan fingerprint density at radius 2 is 1.58 bits per heavy atom. The van der Waals surface area contributed by atoms with Gasteiger partial charge in [-0.05, 0) is 49.2 Å². The molecule has 2 aliphatic rings. The van der Waals surface area contributed by atoms with E-state index in [0.717, 1.165) is 42.5 Å². The maximum absolute atomic E-state index is 15.4. The van der Waals surface area contributed by atoms with E-state index in [-0.39, 0.29) is 24.7 Å². The summed E-state index contributed by atoms with van der Waals surface area (Å²) in [6.45, 7) is 3.11. The molecule has 11 heteroatoms. The van der Waals surface area contributed by atoms with E-state index in [1.54, 1.807) is 6.92 Å². The average molecular weight is 516 g/mol. The smallest absolute Gasteiger partial charge is 0.343 e. The molecular weight excluding hydrogens is 497 g/mol. The SMILES string of the molecule is CCOc1ccc(OC(=O)C2C=CC3=C(C2F)C(F)(F)C(F)(F)c2c3ccc(OCC)c2F)cc1F. The van der Waals surface area contributed by atoms with Gasteiger partial charge in [-0.15, -0.1) is 0 Å². The Bertz CT molecular complexity index is 1270. The van der Waals surface area contributed by atoms with Crippen LogP contribution in [0.25, 0.3) is 5.57 Å². The van der Waals surface area contributed by atoms with Gasteiger partial charge in [-0.1, -0.05) is 12.2 Å². The molecule has 2 aliphatic carbocycles. The number of esters is 1. The van der Waals surface area contributed by atoms with Crippen molar-refractivity contribution >= 4 is 11.5 Å². The van der Waals surface area contributed by atoms with E-state index in [4.69, 9.17) is 14.2 Å². The van der Waals surface area contributed by atoms with Gasteiger partial charge in [0.25, 0.3) is 0 Å². The predicted octanol–water partition coefficient (Wildman–Crippen LogP) is 6.39. The molecule has 2 atom stereocenters. The van der Waals surface area contributed by atoms with Gasteiger partial charge in [0.15, 0.2) is 23.1 Å². The molecule has 0 N–H and O–H groups in total. The maximum atomic E-state index is 15.4. The van der Waals surface area contributed by atoms with Crippen molar-refractivity contribution in [3.05, 3.63) is 70.8 Å². The number of carbonyl (C=O) groups is 1. The highest BCUT2D eigenvalue weighted by Gasteiger charge is 2.67. The van der Waals surface area contributed by atoms with E-state index in [1.165, 1.54) is 6.92 Å². The first-order chi connectivity index (χ1) is 16.9. The van der Waals surface area contributed by atoms with Crippen molar-refractivity contribution in [2.24, 2.45) is 5.92 Å². The molecule has 0 aromatic heterocycles. The van der Waals surface area contributed by atoms with E-state index < -0.39 is 69.6 Å². The average Bonchev–Trinajstić information content (AvgIpc) is 2.80. The second-order valence-electron chi connectivity index (χ2n) is 7.94. The van der Waals surface area contributed by atoms with E-state index in [0.29, 0.717) is 0 Å². The molecule has 36 heavy (non-hydrogen) atoms. The summed E-state index contributed by atoms with van der Waals surface area (Å²) in [5, 5.41) is 0. The Labute approximate surface area is 201 Å². The standard InChI is InChI=1S/C25H19F7O4/c1-3-34-17-9-5-12(11-16(17)26)36-23(33)15-7-6-13-14-8-10-18(35-4-2)22(28)20(14)25(31,32)24(29,30)19(13)21(15)27/h5-11,15,21H,3-4H2,1-2H3. The minimum atomic E-state index is -5.19. The Hall–Kier alpha value is -3.50. The highest BCUT2D eigenvalue weighted by atomic mass is 19.3.